The molecule has 3 N–H and O–H groups in total. The fraction of sp³-hybridized carbons (Fsp3) is 0.345. The summed E-state index contributed by atoms with van der Waals surface area (Å²) in [5.41, 5.74) is 11.1. The molecular formula is C29H30N6O2S3. The topological polar surface area (TPSA) is 125 Å². The molecule has 1 unspecified atom stereocenters. The number of benzene rings is 1. The molecule has 1 aromatic carbocycles. The maximum atomic E-state index is 13.6. The summed E-state index contributed by atoms with van der Waals surface area (Å²) in [6, 6.07) is 12.1. The Labute approximate surface area is 246 Å². The second kappa shape index (κ2) is 11.2. The van der Waals surface area contributed by atoms with Gasteiger partial charge in [0.05, 0.1) is 23.3 Å². The van der Waals surface area contributed by atoms with E-state index in [-0.39, 0.29) is 28.7 Å². The highest BCUT2D eigenvalue weighted by Crippen LogP contribution is 2.51. The number of nitriles is 1. The van der Waals surface area contributed by atoms with Crippen LogP contribution in [0, 0.1) is 23.7 Å². The molecule has 206 valence electrons. The van der Waals surface area contributed by atoms with E-state index in [1.54, 1.807) is 4.90 Å². The monoisotopic (exact) mass is 590 g/mol. The molecule has 8 nitrogen and oxygen atoms in total. The predicted molar refractivity (Wildman–Crippen MR) is 161 cm³/mol. The van der Waals surface area contributed by atoms with Crippen LogP contribution in [0.1, 0.15) is 55.5 Å². The molecule has 0 saturated heterocycles. The minimum atomic E-state index is -0.489. The van der Waals surface area contributed by atoms with E-state index in [9.17, 15) is 14.9 Å². The number of thiophene rings is 1. The highest BCUT2D eigenvalue weighted by Gasteiger charge is 2.46. The summed E-state index contributed by atoms with van der Waals surface area (Å²) in [6.45, 7) is 8.20. The number of aromatic nitrogens is 2. The molecule has 0 fully saturated rings. The van der Waals surface area contributed by atoms with E-state index in [0.717, 1.165) is 28.2 Å². The number of thioether (sulfide) groups is 1. The first-order valence-electron chi connectivity index (χ1n) is 13.0. The molecule has 0 bridgehead atoms. The fourth-order valence-corrected chi connectivity index (χ4v) is 7.89. The first kappa shape index (κ1) is 28.1. The number of hydrogen-bond acceptors (Lipinski definition) is 10. The molecular weight excluding hydrogens is 561 g/mol. The minimum Gasteiger partial charge on any atom is -0.384 e. The van der Waals surface area contributed by atoms with Crippen molar-refractivity contribution in [2.45, 2.75) is 57.2 Å². The molecule has 1 aliphatic heterocycles. The van der Waals surface area contributed by atoms with Crippen LogP contribution in [0.4, 0.5) is 10.8 Å². The van der Waals surface area contributed by atoms with Crippen LogP contribution in [0.2, 0.25) is 0 Å². The summed E-state index contributed by atoms with van der Waals surface area (Å²) in [6.07, 6.45) is 1.94. The Morgan fingerprint density at radius 2 is 2.00 bits per heavy atom. The van der Waals surface area contributed by atoms with Gasteiger partial charge in [0.15, 0.2) is 10.1 Å². The maximum absolute atomic E-state index is 13.6. The first-order valence-corrected chi connectivity index (χ1v) is 15.6. The van der Waals surface area contributed by atoms with Crippen molar-refractivity contribution >= 4 is 56.9 Å². The van der Waals surface area contributed by atoms with Gasteiger partial charge in [-0.1, -0.05) is 56.0 Å². The van der Waals surface area contributed by atoms with E-state index < -0.39 is 5.92 Å². The number of ketones is 1. The molecule has 3 aromatic rings. The summed E-state index contributed by atoms with van der Waals surface area (Å²) in [5.74, 6) is -0.175. The normalized spacial score (nSPS) is 18.5. The van der Waals surface area contributed by atoms with Crippen molar-refractivity contribution in [3.8, 4) is 6.07 Å². The van der Waals surface area contributed by atoms with Crippen LogP contribution in [-0.2, 0) is 16.0 Å². The van der Waals surface area contributed by atoms with Crippen molar-refractivity contribution in [1.82, 2.24) is 10.2 Å². The number of nitrogens with zero attached hydrogens (tertiary/aromatic N) is 4. The quantitative estimate of drug-likeness (QED) is 0.314. The van der Waals surface area contributed by atoms with Crippen molar-refractivity contribution in [2.75, 3.05) is 16.0 Å². The number of carbonyl (C=O) groups excluding carboxylic acids is 2. The summed E-state index contributed by atoms with van der Waals surface area (Å²) in [7, 11) is 0. The van der Waals surface area contributed by atoms with Crippen LogP contribution >= 0.6 is 34.4 Å². The van der Waals surface area contributed by atoms with Crippen molar-refractivity contribution in [3.63, 3.8) is 0 Å². The molecule has 0 saturated carbocycles. The van der Waals surface area contributed by atoms with Gasteiger partial charge in [-0.2, -0.15) is 5.26 Å². The smallest absolute Gasteiger partial charge is 0.234 e. The van der Waals surface area contributed by atoms with Crippen molar-refractivity contribution in [3.05, 3.63) is 74.4 Å². The van der Waals surface area contributed by atoms with E-state index in [0.29, 0.717) is 33.5 Å². The number of allylic oxidation sites excluding steroid dienone is 3. The van der Waals surface area contributed by atoms with Gasteiger partial charge in [0, 0.05) is 28.3 Å². The Bertz CT molecular complexity index is 1580. The molecule has 1 atom stereocenters. The third-order valence-electron chi connectivity index (χ3n) is 7.10. The van der Waals surface area contributed by atoms with Crippen LogP contribution in [0.15, 0.2) is 62.7 Å². The number of nitrogens with one attached hydrogen (secondary N) is 1. The zero-order valence-electron chi connectivity index (χ0n) is 22.8. The zero-order valence-corrected chi connectivity index (χ0v) is 25.2. The number of nitrogens with two attached hydrogens (primary N) is 1. The number of carbonyl (C=O) groups is 2. The van der Waals surface area contributed by atoms with Gasteiger partial charge in [-0.15, -0.1) is 21.5 Å². The van der Waals surface area contributed by atoms with E-state index in [1.807, 2.05) is 42.6 Å². The van der Waals surface area contributed by atoms with E-state index in [4.69, 9.17) is 5.73 Å². The molecule has 40 heavy (non-hydrogen) atoms. The number of amides is 1. The SMILES string of the molecule is CCc1ccc(NC(=O)CSc2nnc(N3C(N)=C(C#N)C(c4sccc4C)C4=C3CC(C)(C)CC4=O)s2)cc1. The Balaban J connectivity index is 1.43. The Hall–Kier alpha value is -3.46. The van der Waals surface area contributed by atoms with Gasteiger partial charge in [-0.05, 0) is 59.9 Å². The van der Waals surface area contributed by atoms with Crippen LogP contribution in [0.3, 0.4) is 0 Å². The fourth-order valence-electron chi connectivity index (χ4n) is 5.17. The second-order valence-corrected chi connectivity index (χ2v) is 13.8. The van der Waals surface area contributed by atoms with E-state index in [2.05, 4.69) is 42.4 Å². The Morgan fingerprint density at radius 3 is 2.65 bits per heavy atom. The lowest BCUT2D eigenvalue weighted by atomic mass is 9.69. The van der Waals surface area contributed by atoms with Crippen LogP contribution in [-0.4, -0.2) is 27.6 Å². The minimum absolute atomic E-state index is 0.0251. The summed E-state index contributed by atoms with van der Waals surface area (Å²) in [5, 5.41) is 24.3. The molecule has 5 rings (SSSR count). The standard InChI is InChI=1S/C29H30N6O2S3/c1-5-17-6-8-18(9-7-17)32-22(37)15-39-28-34-33-27(40-28)35-20-12-29(3,4)13-21(36)24(20)23(19(14-30)26(35)31)25-16(2)10-11-38-25/h6-11,23H,5,12-13,15,31H2,1-4H3,(H,32,37). The lowest BCUT2D eigenvalue weighted by Gasteiger charge is -2.42. The van der Waals surface area contributed by atoms with Crippen molar-refractivity contribution in [2.24, 2.45) is 11.1 Å². The van der Waals surface area contributed by atoms with Gasteiger partial charge in [-0.25, -0.2) is 0 Å². The van der Waals surface area contributed by atoms with Crippen LogP contribution in [0.5, 0.6) is 0 Å². The van der Waals surface area contributed by atoms with Crippen LogP contribution in [0.25, 0.3) is 0 Å². The molecule has 2 aromatic heterocycles. The van der Waals surface area contributed by atoms with E-state index >= 15 is 0 Å². The molecule has 1 amide bonds. The summed E-state index contributed by atoms with van der Waals surface area (Å²) in [4.78, 5) is 28.9. The maximum Gasteiger partial charge on any atom is 0.234 e. The Kier molecular flexibility index (Phi) is 7.86. The number of hydrogen-bond donors (Lipinski definition) is 2. The highest BCUT2D eigenvalue weighted by atomic mass is 32.2. The number of anilines is 2. The predicted octanol–water partition coefficient (Wildman–Crippen LogP) is 6.14. The molecule has 0 radical (unpaired) electrons. The Morgan fingerprint density at radius 1 is 1.25 bits per heavy atom. The van der Waals surface area contributed by atoms with Gasteiger partial charge in [0.2, 0.25) is 11.0 Å². The molecule has 2 aliphatic rings. The van der Waals surface area contributed by atoms with Gasteiger partial charge in [-0.3, -0.25) is 14.5 Å². The number of aryl methyl sites for hydroxylation is 2. The lowest BCUT2D eigenvalue weighted by molar-refractivity contribution is -0.118. The van der Waals surface area contributed by atoms with Gasteiger partial charge >= 0.3 is 0 Å². The second-order valence-electron chi connectivity index (χ2n) is 10.7. The van der Waals surface area contributed by atoms with Crippen LogP contribution < -0.4 is 16.0 Å². The van der Waals surface area contributed by atoms with Crippen molar-refractivity contribution in [1.29, 1.82) is 5.26 Å². The van der Waals surface area contributed by atoms with Gasteiger partial charge in [0.1, 0.15) is 5.82 Å². The first-order chi connectivity index (χ1) is 19.1. The van der Waals surface area contributed by atoms with Crippen molar-refractivity contribution < 1.29 is 9.59 Å². The number of rotatable bonds is 7. The number of Topliss-reactive ketones (excluding diaryl/α,β-unsaturated/α-hetero) is 1. The average molecular weight is 591 g/mol. The largest absolute Gasteiger partial charge is 0.384 e. The highest BCUT2D eigenvalue weighted by molar-refractivity contribution is 8.01. The lowest BCUT2D eigenvalue weighted by Crippen LogP contribution is -2.42. The van der Waals surface area contributed by atoms with Gasteiger partial charge in [0.25, 0.3) is 0 Å². The third-order valence-corrected chi connectivity index (χ3v) is 10.2. The molecule has 1 aliphatic carbocycles. The van der Waals surface area contributed by atoms with Gasteiger partial charge < -0.3 is 11.1 Å². The summed E-state index contributed by atoms with van der Waals surface area (Å²) < 4.78 is 0.595. The van der Waals surface area contributed by atoms with E-state index in [1.165, 1.54) is 40.0 Å². The molecule has 0 spiro atoms. The zero-order chi connectivity index (χ0) is 28.6. The molecule has 11 heteroatoms. The average Bonchev–Trinajstić information content (AvgIpc) is 3.55. The molecule has 3 heterocycles. The summed E-state index contributed by atoms with van der Waals surface area (Å²) >= 11 is 4.10. The third kappa shape index (κ3) is 5.44.